The van der Waals surface area contributed by atoms with Gasteiger partial charge >= 0.3 is 0 Å². The Hall–Kier alpha value is -2.62. The SMILES string of the molecule is CCCCN(CC)C(=O)c1ccc(NC(=O)c2ccccc2)cc1. The Morgan fingerprint density at radius 2 is 1.58 bits per heavy atom. The maximum absolute atomic E-state index is 12.5. The minimum absolute atomic E-state index is 0.0342. The summed E-state index contributed by atoms with van der Waals surface area (Å²) in [4.78, 5) is 26.4. The molecule has 0 spiro atoms. The molecule has 0 saturated heterocycles. The van der Waals surface area contributed by atoms with Crippen LogP contribution in [0.25, 0.3) is 0 Å². The van der Waals surface area contributed by atoms with Crippen LogP contribution in [0.2, 0.25) is 0 Å². The highest BCUT2D eigenvalue weighted by Gasteiger charge is 2.13. The zero-order chi connectivity index (χ0) is 17.4. The van der Waals surface area contributed by atoms with E-state index >= 15 is 0 Å². The fraction of sp³-hybridized carbons (Fsp3) is 0.300. The molecule has 0 aliphatic heterocycles. The second-order valence-corrected chi connectivity index (χ2v) is 5.64. The first-order chi connectivity index (χ1) is 11.7. The van der Waals surface area contributed by atoms with E-state index in [9.17, 15) is 9.59 Å². The van der Waals surface area contributed by atoms with Crippen molar-refractivity contribution in [1.29, 1.82) is 0 Å². The van der Waals surface area contributed by atoms with Crippen LogP contribution in [0.3, 0.4) is 0 Å². The molecule has 2 amide bonds. The normalized spacial score (nSPS) is 10.2. The van der Waals surface area contributed by atoms with Crippen LogP contribution >= 0.6 is 0 Å². The highest BCUT2D eigenvalue weighted by molar-refractivity contribution is 6.04. The summed E-state index contributed by atoms with van der Waals surface area (Å²) in [6.45, 7) is 5.58. The number of anilines is 1. The van der Waals surface area contributed by atoms with E-state index in [1.165, 1.54) is 0 Å². The lowest BCUT2D eigenvalue weighted by atomic mass is 10.1. The molecule has 0 unspecified atom stereocenters. The number of carbonyl (C=O) groups is 2. The number of nitrogens with zero attached hydrogens (tertiary/aromatic N) is 1. The van der Waals surface area contributed by atoms with Gasteiger partial charge in [-0.2, -0.15) is 0 Å². The quantitative estimate of drug-likeness (QED) is 0.830. The van der Waals surface area contributed by atoms with Crippen molar-refractivity contribution in [1.82, 2.24) is 4.90 Å². The first-order valence-corrected chi connectivity index (χ1v) is 8.41. The van der Waals surface area contributed by atoms with Crippen molar-refractivity contribution in [3.63, 3.8) is 0 Å². The highest BCUT2D eigenvalue weighted by Crippen LogP contribution is 2.13. The number of hydrogen-bond acceptors (Lipinski definition) is 2. The molecule has 0 aliphatic carbocycles. The van der Waals surface area contributed by atoms with Gasteiger partial charge in [0.25, 0.3) is 11.8 Å². The van der Waals surface area contributed by atoms with E-state index < -0.39 is 0 Å². The van der Waals surface area contributed by atoms with Gasteiger partial charge in [0.1, 0.15) is 0 Å². The van der Waals surface area contributed by atoms with Crippen LogP contribution in [-0.2, 0) is 0 Å². The summed E-state index contributed by atoms with van der Waals surface area (Å²) in [6.07, 6.45) is 2.07. The van der Waals surface area contributed by atoms with Gasteiger partial charge < -0.3 is 10.2 Å². The smallest absolute Gasteiger partial charge is 0.255 e. The van der Waals surface area contributed by atoms with E-state index in [2.05, 4.69) is 12.2 Å². The monoisotopic (exact) mass is 324 g/mol. The predicted octanol–water partition coefficient (Wildman–Crippen LogP) is 4.20. The molecule has 0 atom stereocenters. The summed E-state index contributed by atoms with van der Waals surface area (Å²) in [7, 11) is 0. The van der Waals surface area contributed by atoms with Gasteiger partial charge in [-0.3, -0.25) is 9.59 Å². The number of rotatable bonds is 7. The van der Waals surface area contributed by atoms with Gasteiger partial charge in [0.05, 0.1) is 0 Å². The van der Waals surface area contributed by atoms with Gasteiger partial charge in [-0.25, -0.2) is 0 Å². The van der Waals surface area contributed by atoms with Crippen molar-refractivity contribution >= 4 is 17.5 Å². The Bertz CT molecular complexity index is 666. The number of nitrogens with one attached hydrogen (secondary N) is 1. The Morgan fingerprint density at radius 3 is 2.17 bits per heavy atom. The van der Waals surface area contributed by atoms with Crippen LogP contribution in [0.4, 0.5) is 5.69 Å². The van der Waals surface area contributed by atoms with Crippen molar-refractivity contribution in [3.8, 4) is 0 Å². The largest absolute Gasteiger partial charge is 0.339 e. The number of hydrogen-bond donors (Lipinski definition) is 1. The van der Waals surface area contributed by atoms with E-state index in [0.717, 1.165) is 19.4 Å². The van der Waals surface area contributed by atoms with Crippen LogP contribution in [0.1, 0.15) is 47.4 Å². The summed E-state index contributed by atoms with van der Waals surface area (Å²) >= 11 is 0. The molecule has 2 rings (SSSR count). The van der Waals surface area contributed by atoms with Crippen molar-refractivity contribution in [2.45, 2.75) is 26.7 Å². The lowest BCUT2D eigenvalue weighted by Gasteiger charge is -2.20. The molecular weight excluding hydrogens is 300 g/mol. The maximum Gasteiger partial charge on any atom is 0.255 e. The fourth-order valence-electron chi connectivity index (χ4n) is 2.42. The van der Waals surface area contributed by atoms with E-state index in [-0.39, 0.29) is 11.8 Å². The minimum Gasteiger partial charge on any atom is -0.339 e. The average molecular weight is 324 g/mol. The molecule has 24 heavy (non-hydrogen) atoms. The first kappa shape index (κ1) is 17.7. The van der Waals surface area contributed by atoms with Gasteiger partial charge in [0.15, 0.2) is 0 Å². The third-order valence-electron chi connectivity index (χ3n) is 3.88. The van der Waals surface area contributed by atoms with Crippen LogP contribution in [0, 0.1) is 0 Å². The molecule has 0 bridgehead atoms. The Labute approximate surface area is 143 Å². The zero-order valence-electron chi connectivity index (χ0n) is 14.3. The summed E-state index contributed by atoms with van der Waals surface area (Å²) in [5.74, 6) is -0.125. The average Bonchev–Trinajstić information content (AvgIpc) is 2.63. The van der Waals surface area contributed by atoms with E-state index in [1.54, 1.807) is 36.4 Å². The molecule has 4 nitrogen and oxygen atoms in total. The van der Waals surface area contributed by atoms with E-state index in [1.807, 2.05) is 30.0 Å². The lowest BCUT2D eigenvalue weighted by Crippen LogP contribution is -2.31. The summed E-state index contributed by atoms with van der Waals surface area (Å²) in [5, 5.41) is 2.84. The van der Waals surface area contributed by atoms with Crippen molar-refractivity contribution in [2.75, 3.05) is 18.4 Å². The van der Waals surface area contributed by atoms with Gasteiger partial charge in [-0.1, -0.05) is 31.5 Å². The van der Waals surface area contributed by atoms with E-state index in [0.29, 0.717) is 23.4 Å². The van der Waals surface area contributed by atoms with Gasteiger partial charge in [0.2, 0.25) is 0 Å². The number of carbonyl (C=O) groups excluding carboxylic acids is 2. The van der Waals surface area contributed by atoms with Crippen molar-refractivity contribution < 1.29 is 9.59 Å². The third kappa shape index (κ3) is 4.69. The fourth-order valence-corrected chi connectivity index (χ4v) is 2.42. The molecule has 0 heterocycles. The lowest BCUT2D eigenvalue weighted by molar-refractivity contribution is 0.0762. The van der Waals surface area contributed by atoms with Crippen molar-refractivity contribution in [3.05, 3.63) is 65.7 Å². The van der Waals surface area contributed by atoms with Gasteiger partial charge in [-0.15, -0.1) is 0 Å². The minimum atomic E-state index is -0.159. The topological polar surface area (TPSA) is 49.4 Å². The van der Waals surface area contributed by atoms with Crippen LogP contribution < -0.4 is 5.32 Å². The first-order valence-electron chi connectivity index (χ1n) is 8.41. The van der Waals surface area contributed by atoms with Gasteiger partial charge in [0, 0.05) is 29.9 Å². The molecule has 126 valence electrons. The number of unbranched alkanes of at least 4 members (excludes halogenated alkanes) is 1. The molecule has 0 saturated carbocycles. The second-order valence-electron chi connectivity index (χ2n) is 5.64. The standard InChI is InChI=1S/C20H24N2O2/c1-3-5-15-22(4-2)20(24)17-11-13-18(14-12-17)21-19(23)16-9-7-6-8-10-16/h6-14H,3-5,15H2,1-2H3,(H,21,23). The Balaban J connectivity index is 2.02. The molecule has 0 aromatic heterocycles. The maximum atomic E-state index is 12.5. The number of benzene rings is 2. The predicted molar refractivity (Wildman–Crippen MR) is 97.3 cm³/mol. The Kier molecular flexibility index (Phi) is 6.55. The molecule has 2 aromatic rings. The molecule has 2 aromatic carbocycles. The Morgan fingerprint density at radius 1 is 0.917 bits per heavy atom. The zero-order valence-corrected chi connectivity index (χ0v) is 14.3. The molecule has 4 heteroatoms. The molecule has 0 aliphatic rings. The highest BCUT2D eigenvalue weighted by atomic mass is 16.2. The summed E-state index contributed by atoms with van der Waals surface area (Å²) in [6, 6.07) is 16.1. The summed E-state index contributed by atoms with van der Waals surface area (Å²) in [5.41, 5.74) is 1.93. The third-order valence-corrected chi connectivity index (χ3v) is 3.88. The van der Waals surface area contributed by atoms with Crippen molar-refractivity contribution in [2.24, 2.45) is 0 Å². The van der Waals surface area contributed by atoms with Crippen LogP contribution in [-0.4, -0.2) is 29.8 Å². The van der Waals surface area contributed by atoms with Gasteiger partial charge in [-0.05, 0) is 49.7 Å². The van der Waals surface area contributed by atoms with Crippen LogP contribution in [0.15, 0.2) is 54.6 Å². The van der Waals surface area contributed by atoms with E-state index in [4.69, 9.17) is 0 Å². The molecule has 0 radical (unpaired) electrons. The van der Waals surface area contributed by atoms with Crippen LogP contribution in [0.5, 0.6) is 0 Å². The number of amides is 2. The molecular formula is C20H24N2O2. The molecule has 1 N–H and O–H groups in total. The summed E-state index contributed by atoms with van der Waals surface area (Å²) < 4.78 is 0. The second kappa shape index (κ2) is 8.87. The molecule has 0 fully saturated rings.